The third-order valence-electron chi connectivity index (χ3n) is 4.91. The molecule has 0 spiro atoms. The first-order chi connectivity index (χ1) is 9.56. The van der Waals surface area contributed by atoms with Gasteiger partial charge < -0.3 is 4.74 Å². The zero-order valence-corrected chi connectivity index (χ0v) is 13.1. The van der Waals surface area contributed by atoms with E-state index in [1.54, 1.807) is 4.31 Å². The van der Waals surface area contributed by atoms with Gasteiger partial charge in [0.2, 0.25) is 10.0 Å². The first-order valence-corrected chi connectivity index (χ1v) is 9.52. The first kappa shape index (κ1) is 14.8. The van der Waals surface area contributed by atoms with Crippen LogP contribution in [-0.4, -0.2) is 67.8 Å². The van der Waals surface area contributed by atoms with Gasteiger partial charge in [-0.3, -0.25) is 4.90 Å². The number of piperazine rings is 1. The van der Waals surface area contributed by atoms with E-state index >= 15 is 0 Å². The van der Waals surface area contributed by atoms with E-state index < -0.39 is 10.0 Å². The summed E-state index contributed by atoms with van der Waals surface area (Å²) in [6.07, 6.45) is 5.29. The van der Waals surface area contributed by atoms with Crippen molar-refractivity contribution in [1.29, 1.82) is 0 Å². The Morgan fingerprint density at radius 3 is 2.75 bits per heavy atom. The number of hydrogen-bond acceptors (Lipinski definition) is 4. The van der Waals surface area contributed by atoms with E-state index in [2.05, 4.69) is 4.90 Å². The van der Waals surface area contributed by atoms with Gasteiger partial charge in [0, 0.05) is 31.8 Å². The summed E-state index contributed by atoms with van der Waals surface area (Å²) < 4.78 is 32.7. The molecule has 3 rings (SSSR count). The summed E-state index contributed by atoms with van der Waals surface area (Å²) >= 11 is 0. The Kier molecular flexibility index (Phi) is 4.36. The van der Waals surface area contributed by atoms with E-state index in [0.717, 1.165) is 38.8 Å². The topological polar surface area (TPSA) is 49.9 Å². The molecule has 0 bridgehead atoms. The van der Waals surface area contributed by atoms with Crippen molar-refractivity contribution in [2.24, 2.45) is 0 Å². The predicted octanol–water partition coefficient (Wildman–Crippen LogP) is 1.05. The molecule has 3 saturated heterocycles. The van der Waals surface area contributed by atoms with E-state index in [-0.39, 0.29) is 17.9 Å². The Morgan fingerprint density at radius 2 is 2.00 bits per heavy atom. The van der Waals surface area contributed by atoms with Gasteiger partial charge in [0.15, 0.2) is 0 Å². The highest BCUT2D eigenvalue weighted by Crippen LogP contribution is 2.27. The second-order valence-electron chi connectivity index (χ2n) is 6.48. The Bertz CT molecular complexity index is 434. The Hall–Kier alpha value is -0.170. The summed E-state index contributed by atoms with van der Waals surface area (Å²) in [5.41, 5.74) is 0. The third kappa shape index (κ3) is 3.03. The van der Waals surface area contributed by atoms with Gasteiger partial charge in [0.05, 0.1) is 11.9 Å². The summed E-state index contributed by atoms with van der Waals surface area (Å²) in [6.45, 7) is 5.44. The lowest BCUT2D eigenvalue weighted by Crippen LogP contribution is -2.57. The molecule has 5 nitrogen and oxygen atoms in total. The molecule has 3 aliphatic heterocycles. The number of ether oxygens (including phenoxy) is 1. The third-order valence-corrected chi connectivity index (χ3v) is 6.92. The van der Waals surface area contributed by atoms with Crippen molar-refractivity contribution in [3.63, 3.8) is 0 Å². The molecule has 0 radical (unpaired) electrons. The van der Waals surface area contributed by atoms with Crippen LogP contribution in [0.25, 0.3) is 0 Å². The van der Waals surface area contributed by atoms with Gasteiger partial charge in [-0.15, -0.1) is 0 Å². The van der Waals surface area contributed by atoms with Crippen LogP contribution in [0.1, 0.15) is 39.0 Å². The molecule has 0 aromatic carbocycles. The van der Waals surface area contributed by atoms with Crippen molar-refractivity contribution < 1.29 is 13.2 Å². The molecule has 3 aliphatic rings. The Labute approximate surface area is 122 Å². The molecule has 20 heavy (non-hydrogen) atoms. The van der Waals surface area contributed by atoms with Crippen molar-refractivity contribution in [2.75, 3.05) is 32.0 Å². The SMILES string of the molecule is CC1CN2CCCC2CN1S(=O)(=O)CC1CCCCO1. The van der Waals surface area contributed by atoms with Crippen LogP contribution in [0, 0.1) is 0 Å². The molecule has 0 saturated carbocycles. The van der Waals surface area contributed by atoms with Crippen LogP contribution in [0.4, 0.5) is 0 Å². The molecule has 6 heteroatoms. The molecular weight excluding hydrogens is 276 g/mol. The van der Waals surface area contributed by atoms with E-state index in [9.17, 15) is 8.42 Å². The second kappa shape index (κ2) is 5.91. The van der Waals surface area contributed by atoms with Gasteiger partial charge >= 0.3 is 0 Å². The van der Waals surface area contributed by atoms with E-state index in [0.29, 0.717) is 19.2 Å². The predicted molar refractivity (Wildman–Crippen MR) is 78.1 cm³/mol. The molecule has 3 fully saturated rings. The van der Waals surface area contributed by atoms with Crippen LogP contribution in [0.15, 0.2) is 0 Å². The van der Waals surface area contributed by atoms with Gasteiger partial charge in [-0.25, -0.2) is 8.42 Å². The molecule has 3 unspecified atom stereocenters. The minimum absolute atomic E-state index is 0.0949. The smallest absolute Gasteiger partial charge is 0.217 e. The average molecular weight is 302 g/mol. The van der Waals surface area contributed by atoms with Crippen LogP contribution < -0.4 is 0 Å². The van der Waals surface area contributed by atoms with Crippen molar-refractivity contribution in [3.8, 4) is 0 Å². The fourth-order valence-electron chi connectivity index (χ4n) is 3.82. The minimum atomic E-state index is -3.19. The molecule has 0 N–H and O–H groups in total. The molecule has 0 aromatic heterocycles. The van der Waals surface area contributed by atoms with Crippen molar-refractivity contribution in [1.82, 2.24) is 9.21 Å². The summed E-state index contributed by atoms with van der Waals surface area (Å²) in [5, 5.41) is 0. The number of fused-ring (bicyclic) bond motifs is 1. The Morgan fingerprint density at radius 1 is 1.15 bits per heavy atom. The summed E-state index contributed by atoms with van der Waals surface area (Å²) in [6, 6.07) is 0.534. The fraction of sp³-hybridized carbons (Fsp3) is 1.00. The first-order valence-electron chi connectivity index (χ1n) is 7.91. The maximum atomic E-state index is 12.7. The molecular formula is C14H26N2O3S. The molecule has 0 aliphatic carbocycles. The highest BCUT2D eigenvalue weighted by Gasteiger charge is 2.40. The molecule has 116 valence electrons. The lowest BCUT2D eigenvalue weighted by atomic mass is 10.1. The van der Waals surface area contributed by atoms with Gasteiger partial charge in [-0.1, -0.05) is 0 Å². The minimum Gasteiger partial charge on any atom is -0.377 e. The number of rotatable bonds is 3. The van der Waals surface area contributed by atoms with Crippen molar-refractivity contribution >= 4 is 10.0 Å². The lowest BCUT2D eigenvalue weighted by molar-refractivity contribution is 0.0289. The maximum Gasteiger partial charge on any atom is 0.217 e. The highest BCUT2D eigenvalue weighted by atomic mass is 32.2. The van der Waals surface area contributed by atoms with Crippen LogP contribution in [0.5, 0.6) is 0 Å². The lowest BCUT2D eigenvalue weighted by Gasteiger charge is -2.41. The quantitative estimate of drug-likeness (QED) is 0.782. The van der Waals surface area contributed by atoms with Gasteiger partial charge in [0.1, 0.15) is 0 Å². The fourth-order valence-corrected chi connectivity index (χ4v) is 5.76. The van der Waals surface area contributed by atoms with Crippen molar-refractivity contribution in [2.45, 2.75) is 57.2 Å². The molecule has 0 aromatic rings. The standard InChI is InChI=1S/C14H26N2O3S/c1-12-9-15-7-4-5-13(15)10-16(12)20(17,18)11-14-6-2-3-8-19-14/h12-14H,2-11H2,1H3. The summed E-state index contributed by atoms with van der Waals surface area (Å²) in [5.74, 6) is 0.171. The van der Waals surface area contributed by atoms with E-state index in [1.807, 2.05) is 6.92 Å². The maximum absolute atomic E-state index is 12.7. The average Bonchev–Trinajstić information content (AvgIpc) is 2.85. The zero-order chi connectivity index (χ0) is 14.2. The molecule has 3 atom stereocenters. The van der Waals surface area contributed by atoms with Crippen molar-refractivity contribution in [3.05, 3.63) is 0 Å². The normalized spacial score (nSPS) is 37.0. The monoisotopic (exact) mass is 302 g/mol. The summed E-state index contributed by atoms with van der Waals surface area (Å²) in [7, 11) is -3.19. The largest absolute Gasteiger partial charge is 0.377 e. The van der Waals surface area contributed by atoms with E-state index in [4.69, 9.17) is 4.74 Å². The van der Waals surface area contributed by atoms with E-state index in [1.165, 1.54) is 6.42 Å². The zero-order valence-electron chi connectivity index (χ0n) is 12.3. The van der Waals surface area contributed by atoms with Gasteiger partial charge in [-0.2, -0.15) is 4.31 Å². The summed E-state index contributed by atoms with van der Waals surface area (Å²) in [4.78, 5) is 2.45. The van der Waals surface area contributed by atoms with Crippen LogP contribution >= 0.6 is 0 Å². The van der Waals surface area contributed by atoms with Crippen LogP contribution in [0.3, 0.4) is 0 Å². The number of nitrogens with zero attached hydrogens (tertiary/aromatic N) is 2. The van der Waals surface area contributed by atoms with Crippen LogP contribution in [-0.2, 0) is 14.8 Å². The molecule has 3 heterocycles. The van der Waals surface area contributed by atoms with Crippen LogP contribution in [0.2, 0.25) is 0 Å². The van der Waals surface area contributed by atoms with Gasteiger partial charge in [-0.05, 0) is 45.6 Å². The second-order valence-corrected chi connectivity index (χ2v) is 8.44. The number of hydrogen-bond donors (Lipinski definition) is 0. The Balaban J connectivity index is 1.66. The van der Waals surface area contributed by atoms with Gasteiger partial charge in [0.25, 0.3) is 0 Å². The number of sulfonamides is 1. The molecule has 0 amide bonds. The highest BCUT2D eigenvalue weighted by molar-refractivity contribution is 7.89.